The average molecular weight is 182 g/mol. The Hall–Kier alpha value is -1.17. The van der Waals surface area contributed by atoms with Crippen LogP contribution in [0.3, 0.4) is 0 Å². The molecule has 1 aliphatic heterocycles. The molecule has 1 saturated heterocycles. The second-order valence-electron chi connectivity index (χ2n) is 3.19. The molecule has 13 heavy (non-hydrogen) atoms. The quantitative estimate of drug-likeness (QED) is 0.604. The molecule has 6 nitrogen and oxygen atoms in total. The normalized spacial score (nSPS) is 18.7. The zero-order chi connectivity index (χ0) is 9.10. The first kappa shape index (κ1) is 8.43. The largest absolute Gasteiger partial charge is 0.338 e. The summed E-state index contributed by atoms with van der Waals surface area (Å²) >= 11 is 0. The number of hydrogen-bond acceptors (Lipinski definition) is 5. The lowest BCUT2D eigenvalue weighted by Crippen LogP contribution is -2.30. The Morgan fingerprint density at radius 3 is 3.00 bits per heavy atom. The van der Waals surface area contributed by atoms with E-state index in [1.807, 2.05) is 7.05 Å². The van der Waals surface area contributed by atoms with Crippen LogP contribution in [0.2, 0.25) is 0 Å². The molecule has 1 fully saturated rings. The number of nitrogens with zero attached hydrogens (tertiary/aromatic N) is 5. The molecule has 0 bridgehead atoms. The van der Waals surface area contributed by atoms with Gasteiger partial charge in [0, 0.05) is 26.7 Å². The predicted octanol–water partition coefficient (Wildman–Crippen LogP) is -0.990. The van der Waals surface area contributed by atoms with E-state index in [2.05, 4.69) is 25.7 Å². The fourth-order valence-corrected chi connectivity index (χ4v) is 1.54. The summed E-state index contributed by atoms with van der Waals surface area (Å²) in [7, 11) is 1.87. The van der Waals surface area contributed by atoms with Gasteiger partial charge in [-0.3, -0.25) is 0 Å². The summed E-state index contributed by atoms with van der Waals surface area (Å²) in [6.45, 7) is 4.10. The van der Waals surface area contributed by atoms with Gasteiger partial charge in [0.25, 0.3) is 0 Å². The molecule has 1 aliphatic rings. The first-order valence-corrected chi connectivity index (χ1v) is 4.56. The number of rotatable bonds is 1. The zero-order valence-electron chi connectivity index (χ0n) is 7.77. The number of hydrogen-bond donors (Lipinski definition) is 1. The summed E-state index contributed by atoms with van der Waals surface area (Å²) < 4.78 is 1.71. The lowest BCUT2D eigenvalue weighted by Gasteiger charge is -2.18. The fourth-order valence-electron chi connectivity index (χ4n) is 1.54. The summed E-state index contributed by atoms with van der Waals surface area (Å²) in [5.74, 6) is 0.865. The van der Waals surface area contributed by atoms with Gasteiger partial charge in [-0.05, 0) is 23.4 Å². The van der Waals surface area contributed by atoms with E-state index in [1.54, 1.807) is 4.68 Å². The lowest BCUT2D eigenvalue weighted by molar-refractivity contribution is 0.682. The number of aryl methyl sites for hydroxylation is 1. The Kier molecular flexibility index (Phi) is 2.40. The molecule has 1 aromatic rings. The summed E-state index contributed by atoms with van der Waals surface area (Å²) in [5, 5.41) is 14.8. The van der Waals surface area contributed by atoms with Crippen LogP contribution < -0.4 is 10.2 Å². The van der Waals surface area contributed by atoms with Gasteiger partial charge in [0.05, 0.1) is 0 Å². The maximum absolute atomic E-state index is 3.98. The molecule has 0 aromatic carbocycles. The topological polar surface area (TPSA) is 58.9 Å². The summed E-state index contributed by atoms with van der Waals surface area (Å²) in [6, 6.07) is 0. The highest BCUT2D eigenvalue weighted by atomic mass is 15.6. The van der Waals surface area contributed by atoms with Crippen LogP contribution in [0.25, 0.3) is 0 Å². The van der Waals surface area contributed by atoms with Gasteiger partial charge < -0.3 is 10.2 Å². The second-order valence-corrected chi connectivity index (χ2v) is 3.19. The van der Waals surface area contributed by atoms with E-state index in [1.165, 1.54) is 0 Å². The molecule has 0 aliphatic carbocycles. The monoisotopic (exact) mass is 182 g/mol. The minimum atomic E-state index is 0.865. The van der Waals surface area contributed by atoms with Gasteiger partial charge in [0.15, 0.2) is 0 Å². The molecule has 0 saturated carbocycles. The van der Waals surface area contributed by atoms with Gasteiger partial charge >= 0.3 is 0 Å². The van der Waals surface area contributed by atoms with Crippen LogP contribution in [-0.4, -0.2) is 46.4 Å². The molecule has 0 spiro atoms. The molecule has 2 rings (SSSR count). The third-order valence-electron chi connectivity index (χ3n) is 2.22. The minimum absolute atomic E-state index is 0.865. The van der Waals surface area contributed by atoms with Crippen LogP contribution >= 0.6 is 0 Å². The van der Waals surface area contributed by atoms with E-state index in [9.17, 15) is 0 Å². The molecular formula is C7H14N6. The molecule has 1 N–H and O–H groups in total. The van der Waals surface area contributed by atoms with Gasteiger partial charge in [-0.1, -0.05) is 5.10 Å². The van der Waals surface area contributed by atoms with Crippen LogP contribution in [0.15, 0.2) is 0 Å². The SMILES string of the molecule is Cn1nnnc1N1CCCNCC1. The van der Waals surface area contributed by atoms with E-state index in [4.69, 9.17) is 0 Å². The Labute approximate surface area is 76.9 Å². The van der Waals surface area contributed by atoms with Crippen molar-refractivity contribution in [2.45, 2.75) is 6.42 Å². The van der Waals surface area contributed by atoms with Crippen molar-refractivity contribution in [2.24, 2.45) is 7.05 Å². The lowest BCUT2D eigenvalue weighted by atomic mass is 10.4. The van der Waals surface area contributed by atoms with E-state index >= 15 is 0 Å². The number of anilines is 1. The van der Waals surface area contributed by atoms with Crippen LogP contribution in [0.4, 0.5) is 5.95 Å². The van der Waals surface area contributed by atoms with E-state index in [0.717, 1.165) is 38.5 Å². The van der Waals surface area contributed by atoms with Gasteiger partial charge in [0.1, 0.15) is 0 Å². The molecular weight excluding hydrogens is 168 g/mol. The van der Waals surface area contributed by atoms with Gasteiger partial charge in [-0.15, -0.1) is 0 Å². The Morgan fingerprint density at radius 2 is 2.23 bits per heavy atom. The van der Waals surface area contributed by atoms with Crippen LogP contribution in [0.5, 0.6) is 0 Å². The molecule has 2 heterocycles. The Balaban J connectivity index is 2.10. The first-order valence-electron chi connectivity index (χ1n) is 4.56. The summed E-state index contributed by atoms with van der Waals surface area (Å²) in [6.07, 6.45) is 1.15. The zero-order valence-corrected chi connectivity index (χ0v) is 7.77. The molecule has 0 atom stereocenters. The second kappa shape index (κ2) is 3.69. The minimum Gasteiger partial charge on any atom is -0.338 e. The van der Waals surface area contributed by atoms with E-state index < -0.39 is 0 Å². The molecule has 1 aromatic heterocycles. The van der Waals surface area contributed by atoms with Crippen molar-refractivity contribution < 1.29 is 0 Å². The highest BCUT2D eigenvalue weighted by Crippen LogP contribution is 2.07. The summed E-state index contributed by atoms with van der Waals surface area (Å²) in [5.41, 5.74) is 0. The van der Waals surface area contributed by atoms with Crippen molar-refractivity contribution in [3.63, 3.8) is 0 Å². The maximum Gasteiger partial charge on any atom is 0.245 e. The van der Waals surface area contributed by atoms with Crippen molar-refractivity contribution in [2.75, 3.05) is 31.1 Å². The van der Waals surface area contributed by atoms with Crippen molar-refractivity contribution in [3.05, 3.63) is 0 Å². The summed E-state index contributed by atoms with van der Waals surface area (Å²) in [4.78, 5) is 2.21. The standard InChI is InChI=1S/C7H14N6/c1-12-7(9-10-11-12)13-5-2-3-8-4-6-13/h8H,2-6H2,1H3. The molecule has 6 heteroatoms. The molecule has 0 radical (unpaired) electrons. The van der Waals surface area contributed by atoms with E-state index in [-0.39, 0.29) is 0 Å². The average Bonchev–Trinajstić information content (AvgIpc) is 2.43. The van der Waals surface area contributed by atoms with Crippen LogP contribution in [0, 0.1) is 0 Å². The number of aromatic nitrogens is 4. The number of tetrazole rings is 1. The van der Waals surface area contributed by atoms with Gasteiger partial charge in [-0.2, -0.15) is 0 Å². The van der Waals surface area contributed by atoms with Crippen LogP contribution in [0.1, 0.15) is 6.42 Å². The van der Waals surface area contributed by atoms with Gasteiger partial charge in [-0.25, -0.2) is 4.68 Å². The van der Waals surface area contributed by atoms with Crippen LogP contribution in [-0.2, 0) is 7.05 Å². The Bertz CT molecular complexity index is 262. The Morgan fingerprint density at radius 1 is 1.31 bits per heavy atom. The van der Waals surface area contributed by atoms with E-state index in [0.29, 0.717) is 0 Å². The highest BCUT2D eigenvalue weighted by Gasteiger charge is 2.13. The van der Waals surface area contributed by atoms with Crippen molar-refractivity contribution in [1.29, 1.82) is 0 Å². The first-order chi connectivity index (χ1) is 6.38. The van der Waals surface area contributed by atoms with Crippen molar-refractivity contribution in [3.8, 4) is 0 Å². The maximum atomic E-state index is 3.98. The molecule has 0 amide bonds. The predicted molar refractivity (Wildman–Crippen MR) is 48.5 cm³/mol. The van der Waals surface area contributed by atoms with Crippen molar-refractivity contribution in [1.82, 2.24) is 25.5 Å². The molecule has 0 unspecified atom stereocenters. The third-order valence-corrected chi connectivity index (χ3v) is 2.22. The van der Waals surface area contributed by atoms with Crippen molar-refractivity contribution >= 4 is 5.95 Å². The fraction of sp³-hybridized carbons (Fsp3) is 0.857. The van der Waals surface area contributed by atoms with Gasteiger partial charge in [0.2, 0.25) is 5.95 Å². The number of nitrogens with one attached hydrogen (secondary N) is 1. The third kappa shape index (κ3) is 1.77. The smallest absolute Gasteiger partial charge is 0.245 e. The highest BCUT2D eigenvalue weighted by molar-refractivity contribution is 5.27. The molecule has 72 valence electrons.